The molecule has 0 amide bonds. The summed E-state index contributed by atoms with van der Waals surface area (Å²) in [5, 5.41) is 8.64. The van der Waals surface area contributed by atoms with Crippen molar-refractivity contribution >= 4 is 26.8 Å². The van der Waals surface area contributed by atoms with Gasteiger partial charge in [0.05, 0.1) is 19.4 Å². The molecule has 9 nitrogen and oxygen atoms in total. The molecule has 0 bridgehead atoms. The maximum Gasteiger partial charge on any atom is 0.233 e. The molecule has 0 saturated carbocycles. The molecule has 30 heavy (non-hydrogen) atoms. The Kier molecular flexibility index (Phi) is 6.24. The van der Waals surface area contributed by atoms with Gasteiger partial charge in [0, 0.05) is 25.6 Å². The summed E-state index contributed by atoms with van der Waals surface area (Å²) in [5.74, 6) is 1.22. The molecule has 10 heteroatoms. The lowest BCUT2D eigenvalue weighted by atomic mass is 9.95. The second-order valence-corrected chi connectivity index (χ2v) is 9.37. The van der Waals surface area contributed by atoms with Crippen molar-refractivity contribution in [1.82, 2.24) is 14.9 Å². The Bertz CT molecular complexity index is 1070. The van der Waals surface area contributed by atoms with Gasteiger partial charge in [-0.2, -0.15) is 5.10 Å². The smallest absolute Gasteiger partial charge is 0.233 e. The number of anilines is 1. The zero-order valence-electron chi connectivity index (χ0n) is 16.9. The van der Waals surface area contributed by atoms with E-state index in [1.165, 1.54) is 7.11 Å². The Morgan fingerprint density at radius 3 is 2.87 bits per heavy atom. The summed E-state index contributed by atoms with van der Waals surface area (Å²) >= 11 is 0. The molecule has 0 atom stereocenters. The minimum atomic E-state index is -3.55. The Morgan fingerprint density at radius 2 is 2.13 bits per heavy atom. The van der Waals surface area contributed by atoms with Crippen molar-refractivity contribution in [2.75, 3.05) is 30.8 Å². The number of rotatable bonds is 9. The van der Waals surface area contributed by atoms with E-state index in [0.717, 1.165) is 38.0 Å². The number of fused-ring (bicyclic) bond motifs is 1. The van der Waals surface area contributed by atoms with Crippen LogP contribution in [-0.4, -0.2) is 49.4 Å². The number of hydrogen-bond acceptors (Lipinski definition) is 7. The van der Waals surface area contributed by atoms with Gasteiger partial charge in [-0.3, -0.25) is 9.40 Å². The summed E-state index contributed by atoms with van der Waals surface area (Å²) in [7, 11) is -2.01. The van der Waals surface area contributed by atoms with Crippen LogP contribution in [0.15, 0.2) is 35.1 Å². The SMILES string of the molecule is COc1cc(Cn2cccn2)cc2onc(NS(=O)(=O)CCCC3CCOCC3)c12. The van der Waals surface area contributed by atoms with Crippen LogP contribution in [0.4, 0.5) is 5.82 Å². The maximum atomic E-state index is 12.6. The van der Waals surface area contributed by atoms with Crippen LogP contribution in [0.3, 0.4) is 0 Å². The molecule has 1 fully saturated rings. The van der Waals surface area contributed by atoms with E-state index in [0.29, 0.717) is 35.6 Å². The van der Waals surface area contributed by atoms with Gasteiger partial charge in [-0.1, -0.05) is 5.16 Å². The Balaban J connectivity index is 1.46. The number of aromatic nitrogens is 3. The van der Waals surface area contributed by atoms with Gasteiger partial charge in [-0.15, -0.1) is 0 Å². The molecule has 1 N–H and O–H groups in total. The second-order valence-electron chi connectivity index (χ2n) is 7.52. The number of hydrogen-bond donors (Lipinski definition) is 1. The summed E-state index contributed by atoms with van der Waals surface area (Å²) in [5.41, 5.74) is 1.36. The molecule has 1 aliphatic heterocycles. The van der Waals surface area contributed by atoms with Crippen molar-refractivity contribution in [3.8, 4) is 5.75 Å². The molecule has 3 heterocycles. The van der Waals surface area contributed by atoms with Crippen LogP contribution in [0.2, 0.25) is 0 Å². The molecule has 1 aromatic carbocycles. The minimum absolute atomic E-state index is 0.0401. The van der Waals surface area contributed by atoms with Crippen LogP contribution in [0, 0.1) is 5.92 Å². The van der Waals surface area contributed by atoms with E-state index < -0.39 is 10.0 Å². The highest BCUT2D eigenvalue weighted by Crippen LogP contribution is 2.34. The van der Waals surface area contributed by atoms with E-state index in [9.17, 15) is 8.42 Å². The van der Waals surface area contributed by atoms with Crippen molar-refractivity contribution in [3.63, 3.8) is 0 Å². The Hall–Kier alpha value is -2.59. The quantitative estimate of drug-likeness (QED) is 0.551. The summed E-state index contributed by atoms with van der Waals surface area (Å²) < 4.78 is 45.8. The van der Waals surface area contributed by atoms with Crippen molar-refractivity contribution in [1.29, 1.82) is 0 Å². The first-order chi connectivity index (χ1) is 14.5. The molecule has 0 unspecified atom stereocenters. The van der Waals surface area contributed by atoms with E-state index >= 15 is 0 Å². The fourth-order valence-electron chi connectivity index (χ4n) is 3.79. The van der Waals surface area contributed by atoms with E-state index in [1.54, 1.807) is 10.9 Å². The molecular formula is C20H26N4O5S. The van der Waals surface area contributed by atoms with Crippen LogP contribution in [0.1, 0.15) is 31.2 Å². The Morgan fingerprint density at radius 1 is 1.30 bits per heavy atom. The number of methoxy groups -OCH3 is 1. The number of nitrogens with one attached hydrogen (secondary N) is 1. The normalized spacial score (nSPS) is 15.5. The van der Waals surface area contributed by atoms with Crippen molar-refractivity contribution in [3.05, 3.63) is 36.2 Å². The average Bonchev–Trinajstić information content (AvgIpc) is 3.38. The van der Waals surface area contributed by atoms with Crippen LogP contribution in [0.25, 0.3) is 11.0 Å². The van der Waals surface area contributed by atoms with E-state index in [1.807, 2.05) is 24.4 Å². The lowest BCUT2D eigenvalue weighted by molar-refractivity contribution is 0.0638. The van der Waals surface area contributed by atoms with Crippen LogP contribution in [-0.2, 0) is 21.3 Å². The first-order valence-corrected chi connectivity index (χ1v) is 11.7. The molecular weight excluding hydrogens is 408 g/mol. The van der Waals surface area contributed by atoms with Gasteiger partial charge in [0.2, 0.25) is 10.0 Å². The molecule has 2 aromatic heterocycles. The number of sulfonamides is 1. The van der Waals surface area contributed by atoms with Gasteiger partial charge in [-0.05, 0) is 55.4 Å². The van der Waals surface area contributed by atoms with Gasteiger partial charge in [0.25, 0.3) is 0 Å². The van der Waals surface area contributed by atoms with Gasteiger partial charge < -0.3 is 14.0 Å². The zero-order chi connectivity index (χ0) is 21.0. The summed E-state index contributed by atoms with van der Waals surface area (Å²) in [6.45, 7) is 2.07. The van der Waals surface area contributed by atoms with Crippen LogP contribution < -0.4 is 9.46 Å². The van der Waals surface area contributed by atoms with Crippen molar-refractivity contribution in [2.24, 2.45) is 5.92 Å². The van der Waals surface area contributed by atoms with E-state index in [-0.39, 0.29) is 11.6 Å². The molecule has 0 radical (unpaired) electrons. The van der Waals surface area contributed by atoms with Gasteiger partial charge in [0.1, 0.15) is 11.1 Å². The molecule has 0 spiro atoms. The third-order valence-corrected chi connectivity index (χ3v) is 6.67. The predicted octanol–water partition coefficient (Wildman–Crippen LogP) is 3.03. The third-order valence-electron chi connectivity index (χ3n) is 5.34. The first kappa shape index (κ1) is 20.7. The van der Waals surface area contributed by atoms with Gasteiger partial charge in [-0.25, -0.2) is 8.42 Å². The molecule has 1 aliphatic rings. The van der Waals surface area contributed by atoms with Crippen molar-refractivity contribution in [2.45, 2.75) is 32.2 Å². The number of benzene rings is 1. The largest absolute Gasteiger partial charge is 0.496 e. The lowest BCUT2D eigenvalue weighted by Gasteiger charge is -2.21. The fraction of sp³-hybridized carbons (Fsp3) is 0.500. The lowest BCUT2D eigenvalue weighted by Crippen LogP contribution is -2.20. The molecule has 4 rings (SSSR count). The van der Waals surface area contributed by atoms with Crippen molar-refractivity contribution < 1.29 is 22.4 Å². The second kappa shape index (κ2) is 9.05. The Labute approximate surface area is 175 Å². The first-order valence-electron chi connectivity index (χ1n) is 10.1. The van der Waals surface area contributed by atoms with Crippen LogP contribution >= 0.6 is 0 Å². The van der Waals surface area contributed by atoms with E-state index in [2.05, 4.69) is 15.0 Å². The summed E-state index contributed by atoms with van der Waals surface area (Å²) in [6, 6.07) is 5.50. The zero-order valence-corrected chi connectivity index (χ0v) is 17.7. The monoisotopic (exact) mass is 434 g/mol. The van der Waals surface area contributed by atoms with Gasteiger partial charge >= 0.3 is 0 Å². The molecule has 1 saturated heterocycles. The standard InChI is InChI=1S/C20H26N4O5S/c1-27-17-12-16(14-24-8-3-7-21-24)13-18-19(17)20(22-29-18)23-30(25,26)11-2-4-15-5-9-28-10-6-15/h3,7-8,12-13,15H,2,4-6,9-11,14H2,1H3,(H,22,23). The summed E-state index contributed by atoms with van der Waals surface area (Å²) in [4.78, 5) is 0. The van der Waals surface area contributed by atoms with Gasteiger partial charge in [0.15, 0.2) is 11.4 Å². The maximum absolute atomic E-state index is 12.6. The topological polar surface area (TPSA) is 108 Å². The predicted molar refractivity (Wildman–Crippen MR) is 112 cm³/mol. The molecule has 0 aliphatic carbocycles. The fourth-order valence-corrected chi connectivity index (χ4v) is 4.87. The highest BCUT2D eigenvalue weighted by atomic mass is 32.2. The number of nitrogens with zero attached hydrogens (tertiary/aromatic N) is 3. The summed E-state index contributed by atoms with van der Waals surface area (Å²) in [6.07, 6.45) is 7.04. The highest BCUT2D eigenvalue weighted by molar-refractivity contribution is 7.92. The molecule has 3 aromatic rings. The third kappa shape index (κ3) is 4.93. The van der Waals surface area contributed by atoms with E-state index in [4.69, 9.17) is 14.0 Å². The number of ether oxygens (including phenoxy) is 2. The average molecular weight is 435 g/mol. The molecule has 162 valence electrons. The van der Waals surface area contributed by atoms with Crippen LogP contribution in [0.5, 0.6) is 5.75 Å². The highest BCUT2D eigenvalue weighted by Gasteiger charge is 2.21. The minimum Gasteiger partial charge on any atom is -0.496 e.